The second-order valence-corrected chi connectivity index (χ2v) is 8.13. The Morgan fingerprint density at radius 3 is 2.41 bits per heavy atom. The van der Waals surface area contributed by atoms with Gasteiger partial charge in [0, 0.05) is 0 Å². The first-order chi connectivity index (χ1) is 14.0. The summed E-state index contributed by atoms with van der Waals surface area (Å²) in [6.07, 6.45) is 3.60. The van der Waals surface area contributed by atoms with E-state index in [0.717, 1.165) is 28.1 Å². The van der Waals surface area contributed by atoms with Crippen LogP contribution in [0.2, 0.25) is 0 Å². The van der Waals surface area contributed by atoms with E-state index < -0.39 is 0 Å². The largest absolute Gasteiger partial charge is 0.467 e. The van der Waals surface area contributed by atoms with Crippen molar-refractivity contribution in [3.8, 4) is 0 Å². The SMILES string of the molecule is Cc1cc(C)c(/C=C2\SC(=Nc3ccccc3)N(Cc3ccco3)C2=O)c(C)c1. The van der Waals surface area contributed by atoms with Crippen LogP contribution < -0.4 is 0 Å². The van der Waals surface area contributed by atoms with Crippen LogP contribution in [0.3, 0.4) is 0 Å². The lowest BCUT2D eigenvalue weighted by Crippen LogP contribution is -2.28. The van der Waals surface area contributed by atoms with Crippen molar-refractivity contribution >= 4 is 34.6 Å². The molecule has 5 heteroatoms. The van der Waals surface area contributed by atoms with Gasteiger partial charge in [0.1, 0.15) is 5.76 Å². The predicted octanol–water partition coefficient (Wildman–Crippen LogP) is 6.01. The zero-order valence-electron chi connectivity index (χ0n) is 16.7. The van der Waals surface area contributed by atoms with Gasteiger partial charge in [-0.3, -0.25) is 9.69 Å². The second kappa shape index (κ2) is 8.13. The number of amides is 1. The number of aryl methyl sites for hydroxylation is 3. The molecular formula is C24H22N2O2S. The lowest BCUT2D eigenvalue weighted by Gasteiger charge is -2.13. The van der Waals surface area contributed by atoms with Crippen molar-refractivity contribution in [3.63, 3.8) is 0 Å². The number of aliphatic imine (C=N–C) groups is 1. The van der Waals surface area contributed by atoms with Crippen molar-refractivity contribution in [2.45, 2.75) is 27.3 Å². The molecule has 1 fully saturated rings. The number of hydrogen-bond donors (Lipinski definition) is 0. The molecule has 0 N–H and O–H groups in total. The van der Waals surface area contributed by atoms with Gasteiger partial charge in [0.15, 0.2) is 5.17 Å². The molecule has 29 heavy (non-hydrogen) atoms. The van der Waals surface area contributed by atoms with Crippen LogP contribution in [0.1, 0.15) is 28.0 Å². The molecule has 0 spiro atoms. The highest BCUT2D eigenvalue weighted by molar-refractivity contribution is 8.18. The highest BCUT2D eigenvalue weighted by atomic mass is 32.2. The minimum absolute atomic E-state index is 0.0551. The molecule has 4 nitrogen and oxygen atoms in total. The third-order valence-electron chi connectivity index (χ3n) is 4.78. The Kier molecular flexibility index (Phi) is 5.41. The molecule has 1 aliphatic rings. The summed E-state index contributed by atoms with van der Waals surface area (Å²) in [6, 6.07) is 17.7. The number of para-hydroxylation sites is 1. The van der Waals surface area contributed by atoms with Gasteiger partial charge in [0.05, 0.1) is 23.4 Å². The van der Waals surface area contributed by atoms with Crippen LogP contribution in [0.4, 0.5) is 5.69 Å². The maximum Gasteiger partial charge on any atom is 0.267 e. The van der Waals surface area contributed by atoms with Crippen LogP contribution in [0.25, 0.3) is 6.08 Å². The minimum Gasteiger partial charge on any atom is -0.467 e. The summed E-state index contributed by atoms with van der Waals surface area (Å²) in [5.74, 6) is 0.670. The van der Waals surface area contributed by atoms with E-state index in [2.05, 4.69) is 32.9 Å². The van der Waals surface area contributed by atoms with Gasteiger partial charge < -0.3 is 4.42 Å². The van der Waals surface area contributed by atoms with Gasteiger partial charge in [0.2, 0.25) is 0 Å². The molecule has 0 aliphatic carbocycles. The predicted molar refractivity (Wildman–Crippen MR) is 119 cm³/mol. The maximum atomic E-state index is 13.2. The quantitative estimate of drug-likeness (QED) is 0.502. The van der Waals surface area contributed by atoms with Crippen LogP contribution in [0, 0.1) is 20.8 Å². The third-order valence-corrected chi connectivity index (χ3v) is 5.78. The van der Waals surface area contributed by atoms with E-state index in [1.807, 2.05) is 48.5 Å². The maximum absolute atomic E-state index is 13.2. The Bertz CT molecular complexity index is 1080. The molecule has 1 amide bonds. The van der Waals surface area contributed by atoms with E-state index in [9.17, 15) is 4.79 Å². The van der Waals surface area contributed by atoms with E-state index >= 15 is 0 Å². The lowest BCUT2D eigenvalue weighted by atomic mass is 9.99. The summed E-state index contributed by atoms with van der Waals surface area (Å²) < 4.78 is 5.47. The molecule has 2 heterocycles. The smallest absolute Gasteiger partial charge is 0.267 e. The van der Waals surface area contributed by atoms with Crippen LogP contribution in [0.5, 0.6) is 0 Å². The van der Waals surface area contributed by atoms with E-state index in [1.54, 1.807) is 11.2 Å². The van der Waals surface area contributed by atoms with E-state index in [4.69, 9.17) is 9.41 Å². The average molecular weight is 403 g/mol. The Labute approximate surface area is 175 Å². The van der Waals surface area contributed by atoms with Crippen molar-refractivity contribution < 1.29 is 9.21 Å². The number of furan rings is 1. The zero-order chi connectivity index (χ0) is 20.4. The molecule has 0 saturated carbocycles. The molecular weight excluding hydrogens is 380 g/mol. The number of hydrogen-bond acceptors (Lipinski definition) is 4. The average Bonchev–Trinajstić information content (AvgIpc) is 3.30. The van der Waals surface area contributed by atoms with Gasteiger partial charge in [-0.15, -0.1) is 0 Å². The molecule has 146 valence electrons. The first kappa shape index (κ1) is 19.3. The van der Waals surface area contributed by atoms with Crippen molar-refractivity contribution in [1.29, 1.82) is 0 Å². The van der Waals surface area contributed by atoms with Crippen molar-refractivity contribution in [1.82, 2.24) is 4.90 Å². The van der Waals surface area contributed by atoms with Crippen molar-refractivity contribution in [2.75, 3.05) is 0 Å². The van der Waals surface area contributed by atoms with E-state index in [0.29, 0.717) is 16.6 Å². The summed E-state index contributed by atoms with van der Waals surface area (Å²) in [5.41, 5.74) is 5.45. The van der Waals surface area contributed by atoms with Gasteiger partial charge in [-0.05, 0) is 79.6 Å². The number of nitrogens with zero attached hydrogens (tertiary/aromatic N) is 2. The fourth-order valence-electron chi connectivity index (χ4n) is 3.45. The molecule has 3 aromatic rings. The fraction of sp³-hybridized carbons (Fsp3) is 0.167. The van der Waals surface area contributed by atoms with Gasteiger partial charge in [-0.25, -0.2) is 4.99 Å². The first-order valence-corrected chi connectivity index (χ1v) is 10.3. The van der Waals surface area contributed by atoms with Gasteiger partial charge >= 0.3 is 0 Å². The summed E-state index contributed by atoms with van der Waals surface area (Å²) in [4.78, 5) is 20.3. The van der Waals surface area contributed by atoms with Gasteiger partial charge in [0.25, 0.3) is 5.91 Å². The normalized spacial score (nSPS) is 16.9. The van der Waals surface area contributed by atoms with Crippen LogP contribution >= 0.6 is 11.8 Å². The van der Waals surface area contributed by atoms with Crippen LogP contribution in [-0.4, -0.2) is 16.0 Å². The van der Waals surface area contributed by atoms with Gasteiger partial charge in [-0.2, -0.15) is 0 Å². The number of rotatable bonds is 4. The number of thioether (sulfide) groups is 1. The molecule has 4 rings (SSSR count). The highest BCUT2D eigenvalue weighted by Crippen LogP contribution is 2.36. The zero-order valence-corrected chi connectivity index (χ0v) is 17.5. The summed E-state index contributed by atoms with van der Waals surface area (Å²) in [6.45, 7) is 6.60. The van der Waals surface area contributed by atoms with Gasteiger partial charge in [-0.1, -0.05) is 35.9 Å². The number of carbonyl (C=O) groups excluding carboxylic acids is 1. The fourth-order valence-corrected chi connectivity index (χ4v) is 4.43. The van der Waals surface area contributed by atoms with Crippen molar-refractivity contribution in [2.24, 2.45) is 4.99 Å². The molecule has 0 bridgehead atoms. The minimum atomic E-state index is -0.0551. The first-order valence-electron chi connectivity index (χ1n) is 9.46. The molecule has 1 saturated heterocycles. The number of carbonyl (C=O) groups is 1. The van der Waals surface area contributed by atoms with E-state index in [-0.39, 0.29) is 5.91 Å². The molecule has 2 aromatic carbocycles. The lowest BCUT2D eigenvalue weighted by molar-refractivity contribution is -0.122. The third kappa shape index (κ3) is 4.20. The number of amidine groups is 1. The summed E-state index contributed by atoms with van der Waals surface area (Å²) >= 11 is 1.41. The summed E-state index contributed by atoms with van der Waals surface area (Å²) in [7, 11) is 0. The highest BCUT2D eigenvalue weighted by Gasteiger charge is 2.34. The summed E-state index contributed by atoms with van der Waals surface area (Å²) in [5, 5.41) is 0.659. The Hall–Kier alpha value is -3.05. The van der Waals surface area contributed by atoms with Crippen LogP contribution in [0.15, 0.2) is 75.2 Å². The Balaban J connectivity index is 1.74. The van der Waals surface area contributed by atoms with Crippen molar-refractivity contribution in [3.05, 3.63) is 93.8 Å². The molecule has 0 radical (unpaired) electrons. The molecule has 0 atom stereocenters. The van der Waals surface area contributed by atoms with E-state index in [1.165, 1.54) is 17.3 Å². The molecule has 1 aromatic heterocycles. The number of benzene rings is 2. The monoisotopic (exact) mass is 402 g/mol. The molecule has 1 aliphatic heterocycles. The molecule has 0 unspecified atom stereocenters. The standard InChI is InChI=1S/C24H22N2O2S/c1-16-12-17(2)21(18(3)13-16)14-22-23(27)26(15-20-10-7-11-28-20)24(29-22)25-19-8-5-4-6-9-19/h4-14H,15H2,1-3H3/b22-14-,25-24?. The second-order valence-electron chi connectivity index (χ2n) is 7.12. The topological polar surface area (TPSA) is 45.8 Å². The van der Waals surface area contributed by atoms with Crippen LogP contribution in [-0.2, 0) is 11.3 Å². The Morgan fingerprint density at radius 2 is 1.76 bits per heavy atom. The Morgan fingerprint density at radius 1 is 1.03 bits per heavy atom.